The molecule has 0 fully saturated rings. The average molecular weight is 306 g/mol. The smallest absolute Gasteiger partial charge is 0.207 e. The maximum absolute atomic E-state index is 12.9. The first-order valence-electron chi connectivity index (χ1n) is 5.78. The highest BCUT2D eigenvalue weighted by Crippen LogP contribution is 2.35. The Labute approximate surface area is 115 Å². The van der Waals surface area contributed by atoms with Crippen LogP contribution < -0.4 is 0 Å². The van der Waals surface area contributed by atoms with Crippen LogP contribution in [0.4, 0.5) is 13.2 Å². The third-order valence-electron chi connectivity index (χ3n) is 2.64. The van der Waals surface area contributed by atoms with Crippen molar-refractivity contribution in [3.8, 4) is 6.07 Å². The van der Waals surface area contributed by atoms with E-state index >= 15 is 0 Å². The molecule has 0 atom stereocenters. The summed E-state index contributed by atoms with van der Waals surface area (Å²) in [5.74, 6) is 0. The van der Waals surface area contributed by atoms with E-state index in [1.165, 1.54) is 13.0 Å². The minimum atomic E-state index is -4.75. The van der Waals surface area contributed by atoms with Crippen LogP contribution in [0.5, 0.6) is 0 Å². The molecule has 1 rings (SSSR count). The van der Waals surface area contributed by atoms with Crippen molar-refractivity contribution >= 4 is 10.0 Å². The Morgan fingerprint density at radius 1 is 1.30 bits per heavy atom. The first-order chi connectivity index (χ1) is 9.25. The number of nitriles is 1. The fourth-order valence-electron chi connectivity index (χ4n) is 1.69. The standard InChI is InChI=1S/C12H13F3N2O2S/c1-2-17(9-5-8-16)20(18,19)11-7-4-3-6-10(11)12(13,14)15/h3-4,6-7H,2,5,9H2,1H3. The topological polar surface area (TPSA) is 61.2 Å². The van der Waals surface area contributed by atoms with Crippen molar-refractivity contribution in [2.45, 2.75) is 24.4 Å². The third kappa shape index (κ3) is 3.49. The van der Waals surface area contributed by atoms with Crippen LogP contribution in [0.3, 0.4) is 0 Å². The molecule has 0 heterocycles. The SMILES string of the molecule is CCN(CCC#N)S(=O)(=O)c1ccccc1C(F)(F)F. The first kappa shape index (κ1) is 16.5. The highest BCUT2D eigenvalue weighted by Gasteiger charge is 2.38. The van der Waals surface area contributed by atoms with Gasteiger partial charge in [0.15, 0.2) is 0 Å². The molecular weight excluding hydrogens is 293 g/mol. The van der Waals surface area contributed by atoms with Gasteiger partial charge in [-0.2, -0.15) is 22.7 Å². The maximum atomic E-state index is 12.9. The van der Waals surface area contributed by atoms with Gasteiger partial charge in [-0.25, -0.2) is 8.42 Å². The summed E-state index contributed by atoms with van der Waals surface area (Å²) in [5.41, 5.74) is -1.20. The van der Waals surface area contributed by atoms with Gasteiger partial charge in [-0.3, -0.25) is 0 Å². The number of nitrogens with zero attached hydrogens (tertiary/aromatic N) is 2. The second kappa shape index (κ2) is 6.24. The molecule has 0 N–H and O–H groups in total. The van der Waals surface area contributed by atoms with E-state index in [1.807, 2.05) is 0 Å². The van der Waals surface area contributed by atoms with Crippen LogP contribution in [0.1, 0.15) is 18.9 Å². The van der Waals surface area contributed by atoms with Crippen LogP contribution in [0.15, 0.2) is 29.2 Å². The van der Waals surface area contributed by atoms with Gasteiger partial charge in [0.1, 0.15) is 0 Å². The summed E-state index contributed by atoms with van der Waals surface area (Å²) < 4.78 is 64.0. The zero-order chi connectivity index (χ0) is 15.4. The van der Waals surface area contributed by atoms with E-state index in [1.54, 1.807) is 6.07 Å². The van der Waals surface area contributed by atoms with Crippen molar-refractivity contribution in [1.29, 1.82) is 5.26 Å². The van der Waals surface area contributed by atoms with E-state index in [-0.39, 0.29) is 19.5 Å². The molecule has 0 aliphatic rings. The minimum Gasteiger partial charge on any atom is -0.207 e. The molecule has 4 nitrogen and oxygen atoms in total. The van der Waals surface area contributed by atoms with Crippen molar-refractivity contribution < 1.29 is 21.6 Å². The highest BCUT2D eigenvalue weighted by molar-refractivity contribution is 7.89. The Bertz CT molecular complexity index is 606. The molecule has 0 aliphatic carbocycles. The Morgan fingerprint density at radius 2 is 1.90 bits per heavy atom. The average Bonchev–Trinajstić information content (AvgIpc) is 2.38. The summed E-state index contributed by atoms with van der Waals surface area (Å²) in [6, 6.07) is 5.79. The molecule has 1 aromatic carbocycles. The molecule has 110 valence electrons. The van der Waals surface area contributed by atoms with Crippen LogP contribution in [0, 0.1) is 11.3 Å². The van der Waals surface area contributed by atoms with Gasteiger partial charge in [0.25, 0.3) is 0 Å². The summed E-state index contributed by atoms with van der Waals surface area (Å²) in [7, 11) is -4.27. The number of hydrogen-bond acceptors (Lipinski definition) is 3. The quantitative estimate of drug-likeness (QED) is 0.840. The zero-order valence-electron chi connectivity index (χ0n) is 10.7. The Kier molecular flexibility index (Phi) is 5.14. The predicted octanol–water partition coefficient (Wildman–Crippen LogP) is 2.63. The summed E-state index contributed by atoms with van der Waals surface area (Å²) in [6.45, 7) is 1.36. The fraction of sp³-hybridized carbons (Fsp3) is 0.417. The summed E-state index contributed by atoms with van der Waals surface area (Å²) in [6.07, 6.45) is -4.83. The van der Waals surface area contributed by atoms with Crippen molar-refractivity contribution in [2.24, 2.45) is 0 Å². The lowest BCUT2D eigenvalue weighted by Crippen LogP contribution is -2.33. The van der Waals surface area contributed by atoms with E-state index < -0.39 is 26.7 Å². The first-order valence-corrected chi connectivity index (χ1v) is 7.22. The summed E-state index contributed by atoms with van der Waals surface area (Å²) in [4.78, 5) is -0.785. The van der Waals surface area contributed by atoms with E-state index in [9.17, 15) is 21.6 Å². The van der Waals surface area contributed by atoms with Crippen LogP contribution in [0.2, 0.25) is 0 Å². The van der Waals surface area contributed by atoms with Gasteiger partial charge in [-0.15, -0.1) is 0 Å². The lowest BCUT2D eigenvalue weighted by molar-refractivity contribution is -0.139. The van der Waals surface area contributed by atoms with Gasteiger partial charge in [0, 0.05) is 19.5 Å². The molecule has 0 aliphatic heterocycles. The van der Waals surface area contributed by atoms with Crippen LogP contribution in [0.25, 0.3) is 0 Å². The van der Waals surface area contributed by atoms with Crippen molar-refractivity contribution in [3.63, 3.8) is 0 Å². The van der Waals surface area contributed by atoms with E-state index in [2.05, 4.69) is 0 Å². The molecule has 0 bridgehead atoms. The molecule has 0 radical (unpaired) electrons. The normalized spacial score (nSPS) is 12.4. The maximum Gasteiger partial charge on any atom is 0.417 e. The van der Waals surface area contributed by atoms with Gasteiger partial charge in [-0.05, 0) is 12.1 Å². The molecule has 0 saturated carbocycles. The molecular formula is C12H13F3N2O2S. The Morgan fingerprint density at radius 3 is 2.40 bits per heavy atom. The van der Waals surface area contributed by atoms with Gasteiger partial charge in [0.05, 0.1) is 16.5 Å². The van der Waals surface area contributed by atoms with Crippen LogP contribution >= 0.6 is 0 Å². The lowest BCUT2D eigenvalue weighted by atomic mass is 10.2. The molecule has 8 heteroatoms. The van der Waals surface area contributed by atoms with Crippen LogP contribution in [-0.2, 0) is 16.2 Å². The van der Waals surface area contributed by atoms with E-state index in [0.717, 1.165) is 22.5 Å². The number of hydrogen-bond donors (Lipinski definition) is 0. The number of alkyl halides is 3. The second-order valence-electron chi connectivity index (χ2n) is 3.90. The lowest BCUT2D eigenvalue weighted by Gasteiger charge is -2.21. The van der Waals surface area contributed by atoms with Gasteiger partial charge >= 0.3 is 6.18 Å². The molecule has 0 spiro atoms. The second-order valence-corrected chi connectivity index (χ2v) is 5.81. The largest absolute Gasteiger partial charge is 0.417 e. The van der Waals surface area contributed by atoms with Gasteiger partial charge in [-0.1, -0.05) is 19.1 Å². The molecule has 0 amide bonds. The van der Waals surface area contributed by atoms with Crippen molar-refractivity contribution in [3.05, 3.63) is 29.8 Å². The molecule has 0 unspecified atom stereocenters. The summed E-state index contributed by atoms with van der Waals surface area (Å²) in [5, 5.41) is 8.48. The molecule has 1 aromatic rings. The Balaban J connectivity index is 3.32. The monoisotopic (exact) mass is 306 g/mol. The van der Waals surface area contributed by atoms with Crippen molar-refractivity contribution in [2.75, 3.05) is 13.1 Å². The molecule has 0 aromatic heterocycles. The van der Waals surface area contributed by atoms with Crippen LogP contribution in [-0.4, -0.2) is 25.8 Å². The number of rotatable bonds is 5. The van der Waals surface area contributed by atoms with Gasteiger partial charge in [0.2, 0.25) is 10.0 Å². The molecule has 0 saturated heterocycles. The Hall–Kier alpha value is -1.59. The fourth-order valence-corrected chi connectivity index (χ4v) is 3.35. The van der Waals surface area contributed by atoms with Crippen molar-refractivity contribution in [1.82, 2.24) is 4.31 Å². The number of halogens is 3. The minimum absolute atomic E-state index is 0.00377. The highest BCUT2D eigenvalue weighted by atomic mass is 32.2. The molecule has 20 heavy (non-hydrogen) atoms. The van der Waals surface area contributed by atoms with Gasteiger partial charge < -0.3 is 0 Å². The third-order valence-corrected chi connectivity index (χ3v) is 4.67. The summed E-state index contributed by atoms with van der Waals surface area (Å²) >= 11 is 0. The predicted molar refractivity (Wildman–Crippen MR) is 66.1 cm³/mol. The number of benzene rings is 1. The number of sulfonamides is 1. The zero-order valence-corrected chi connectivity index (χ0v) is 11.5. The van der Waals surface area contributed by atoms with E-state index in [4.69, 9.17) is 5.26 Å². The van der Waals surface area contributed by atoms with E-state index in [0.29, 0.717) is 0 Å².